The number of benzene rings is 1. The van der Waals surface area contributed by atoms with Crippen LogP contribution >= 0.6 is 0 Å². The first-order chi connectivity index (χ1) is 11.8. The Hall–Kier alpha value is -3.04. The maximum Gasteiger partial charge on any atom is 0.451 e. The first-order valence-electron chi connectivity index (χ1n) is 7.08. The van der Waals surface area contributed by atoms with E-state index in [2.05, 4.69) is 15.0 Å². The molecular formula is C15H14F3N5O2. The van der Waals surface area contributed by atoms with Gasteiger partial charge in [0.05, 0.1) is 25.6 Å². The zero-order chi connectivity index (χ0) is 18.4. The van der Waals surface area contributed by atoms with Crippen molar-refractivity contribution in [2.45, 2.75) is 13.1 Å². The van der Waals surface area contributed by atoms with Crippen molar-refractivity contribution in [1.82, 2.24) is 19.5 Å². The minimum Gasteiger partial charge on any atom is -0.493 e. The SMILES string of the molecule is COc1ccc(-n2c(N)nc3c(C)nc(C(F)(F)F)nc32)cc1OC. The second-order valence-electron chi connectivity index (χ2n) is 5.15. The molecule has 25 heavy (non-hydrogen) atoms. The van der Waals surface area contributed by atoms with Crippen molar-refractivity contribution < 1.29 is 22.6 Å². The number of nitrogen functional groups attached to an aromatic ring is 1. The van der Waals surface area contributed by atoms with Crippen LogP contribution in [0.4, 0.5) is 19.1 Å². The number of aryl methyl sites for hydroxylation is 1. The molecule has 0 saturated carbocycles. The highest BCUT2D eigenvalue weighted by Gasteiger charge is 2.36. The Bertz CT molecular complexity index is 952. The molecule has 0 aliphatic carbocycles. The summed E-state index contributed by atoms with van der Waals surface area (Å²) in [5.74, 6) is -0.405. The molecular weight excluding hydrogens is 339 g/mol. The van der Waals surface area contributed by atoms with Gasteiger partial charge in [0.2, 0.25) is 11.8 Å². The lowest BCUT2D eigenvalue weighted by Crippen LogP contribution is -2.13. The molecule has 0 unspecified atom stereocenters. The lowest BCUT2D eigenvalue weighted by Gasteiger charge is -2.12. The summed E-state index contributed by atoms with van der Waals surface area (Å²) >= 11 is 0. The van der Waals surface area contributed by atoms with Crippen LogP contribution in [0.25, 0.3) is 16.9 Å². The summed E-state index contributed by atoms with van der Waals surface area (Å²) in [4.78, 5) is 11.2. The van der Waals surface area contributed by atoms with Gasteiger partial charge in [-0.3, -0.25) is 4.57 Å². The monoisotopic (exact) mass is 353 g/mol. The number of hydrogen-bond acceptors (Lipinski definition) is 6. The van der Waals surface area contributed by atoms with Gasteiger partial charge in [0.1, 0.15) is 5.52 Å². The Labute approximate surface area is 140 Å². The van der Waals surface area contributed by atoms with Crippen molar-refractivity contribution >= 4 is 17.1 Å². The third kappa shape index (κ3) is 2.79. The van der Waals surface area contributed by atoms with Crippen LogP contribution in [0.5, 0.6) is 11.5 Å². The topological polar surface area (TPSA) is 88.1 Å². The third-order valence-corrected chi connectivity index (χ3v) is 3.59. The molecule has 0 amide bonds. The normalized spacial score (nSPS) is 11.8. The van der Waals surface area contributed by atoms with Crippen LogP contribution in [0.15, 0.2) is 18.2 Å². The molecule has 0 atom stereocenters. The van der Waals surface area contributed by atoms with Gasteiger partial charge in [-0.05, 0) is 19.1 Å². The van der Waals surface area contributed by atoms with Gasteiger partial charge in [0.15, 0.2) is 17.1 Å². The Balaban J connectivity index is 2.29. The Morgan fingerprint density at radius 1 is 1.04 bits per heavy atom. The molecule has 10 heteroatoms. The molecule has 7 nitrogen and oxygen atoms in total. The van der Waals surface area contributed by atoms with Gasteiger partial charge in [0.25, 0.3) is 0 Å². The van der Waals surface area contributed by atoms with Gasteiger partial charge < -0.3 is 15.2 Å². The second kappa shape index (κ2) is 5.80. The van der Waals surface area contributed by atoms with Crippen LogP contribution in [0.3, 0.4) is 0 Å². The van der Waals surface area contributed by atoms with Gasteiger partial charge in [0, 0.05) is 6.07 Å². The van der Waals surface area contributed by atoms with E-state index >= 15 is 0 Å². The van der Waals surface area contributed by atoms with Crippen molar-refractivity contribution in [2.24, 2.45) is 0 Å². The maximum absolute atomic E-state index is 13.0. The van der Waals surface area contributed by atoms with Crippen LogP contribution in [-0.4, -0.2) is 33.7 Å². The summed E-state index contributed by atoms with van der Waals surface area (Å²) in [6.45, 7) is 1.42. The Morgan fingerprint density at radius 2 is 1.72 bits per heavy atom. The van der Waals surface area contributed by atoms with E-state index in [1.165, 1.54) is 25.7 Å². The van der Waals surface area contributed by atoms with E-state index < -0.39 is 12.0 Å². The largest absolute Gasteiger partial charge is 0.493 e. The lowest BCUT2D eigenvalue weighted by atomic mass is 10.2. The molecule has 0 saturated heterocycles. The fourth-order valence-corrected chi connectivity index (χ4v) is 2.46. The lowest BCUT2D eigenvalue weighted by molar-refractivity contribution is -0.144. The predicted molar refractivity (Wildman–Crippen MR) is 83.9 cm³/mol. The summed E-state index contributed by atoms with van der Waals surface area (Å²) in [7, 11) is 2.93. The molecule has 0 aliphatic rings. The van der Waals surface area contributed by atoms with E-state index in [-0.39, 0.29) is 22.8 Å². The highest BCUT2D eigenvalue weighted by molar-refractivity contribution is 5.79. The summed E-state index contributed by atoms with van der Waals surface area (Å²) in [5, 5.41) is 0. The molecule has 0 radical (unpaired) electrons. The fraction of sp³-hybridized carbons (Fsp3) is 0.267. The quantitative estimate of drug-likeness (QED) is 0.779. The number of halogens is 3. The van der Waals surface area contributed by atoms with E-state index in [0.29, 0.717) is 17.2 Å². The molecule has 2 heterocycles. The van der Waals surface area contributed by atoms with E-state index in [0.717, 1.165) is 0 Å². The van der Waals surface area contributed by atoms with Crippen molar-refractivity contribution in [1.29, 1.82) is 0 Å². The van der Waals surface area contributed by atoms with Crippen LogP contribution in [-0.2, 0) is 6.18 Å². The van der Waals surface area contributed by atoms with Crippen LogP contribution < -0.4 is 15.2 Å². The number of nitrogens with two attached hydrogens (primary N) is 1. The number of ether oxygens (including phenoxy) is 2. The van der Waals surface area contributed by atoms with Crippen LogP contribution in [0.2, 0.25) is 0 Å². The number of alkyl halides is 3. The molecule has 3 rings (SSSR count). The number of fused-ring (bicyclic) bond motifs is 1. The number of hydrogen-bond donors (Lipinski definition) is 1. The van der Waals surface area contributed by atoms with Gasteiger partial charge in [-0.15, -0.1) is 0 Å². The standard InChI is InChI=1S/C15H14F3N5O2/c1-7-11-12(22-13(20-7)15(16,17)18)23(14(19)21-11)8-4-5-9(24-2)10(6-8)25-3/h4-6H,1-3H3,(H2,19,21). The molecule has 2 aromatic heterocycles. The minimum absolute atomic E-state index is 0.0149. The summed E-state index contributed by atoms with van der Waals surface area (Å²) in [6, 6.07) is 4.79. The van der Waals surface area contributed by atoms with Crippen molar-refractivity contribution in [3.63, 3.8) is 0 Å². The molecule has 1 aromatic carbocycles. The second-order valence-corrected chi connectivity index (χ2v) is 5.15. The maximum atomic E-state index is 13.0. The summed E-state index contributed by atoms with van der Waals surface area (Å²) < 4.78 is 50.8. The van der Waals surface area contributed by atoms with E-state index in [1.807, 2.05) is 0 Å². The Morgan fingerprint density at radius 3 is 2.32 bits per heavy atom. The first kappa shape index (κ1) is 16.8. The van der Waals surface area contributed by atoms with Crippen LogP contribution in [0.1, 0.15) is 11.5 Å². The summed E-state index contributed by atoms with van der Waals surface area (Å²) in [6.07, 6.45) is -4.68. The first-order valence-corrected chi connectivity index (χ1v) is 7.08. The van der Waals surface area contributed by atoms with Gasteiger partial charge >= 0.3 is 6.18 Å². The average Bonchev–Trinajstić information content (AvgIpc) is 2.90. The average molecular weight is 353 g/mol. The summed E-state index contributed by atoms with van der Waals surface area (Å²) in [5.41, 5.74) is 6.58. The molecule has 0 spiro atoms. The van der Waals surface area contributed by atoms with E-state index in [9.17, 15) is 13.2 Å². The molecule has 2 N–H and O–H groups in total. The van der Waals surface area contributed by atoms with Crippen molar-refractivity contribution in [3.8, 4) is 17.2 Å². The van der Waals surface area contributed by atoms with Crippen LogP contribution in [0, 0.1) is 6.92 Å². The van der Waals surface area contributed by atoms with E-state index in [1.54, 1.807) is 18.2 Å². The fourth-order valence-electron chi connectivity index (χ4n) is 2.46. The number of anilines is 1. The van der Waals surface area contributed by atoms with Gasteiger partial charge in [-0.2, -0.15) is 13.2 Å². The van der Waals surface area contributed by atoms with E-state index in [4.69, 9.17) is 15.2 Å². The number of rotatable bonds is 3. The van der Waals surface area contributed by atoms with Crippen molar-refractivity contribution in [3.05, 3.63) is 29.7 Å². The number of methoxy groups -OCH3 is 2. The zero-order valence-corrected chi connectivity index (χ0v) is 13.5. The Kier molecular flexibility index (Phi) is 3.90. The third-order valence-electron chi connectivity index (χ3n) is 3.59. The molecule has 132 valence electrons. The predicted octanol–water partition coefficient (Wildman–Crippen LogP) is 2.74. The number of imidazole rings is 1. The highest BCUT2D eigenvalue weighted by atomic mass is 19.4. The molecule has 3 aromatic rings. The minimum atomic E-state index is -4.68. The number of aromatic nitrogens is 4. The zero-order valence-electron chi connectivity index (χ0n) is 13.5. The molecule has 0 fully saturated rings. The highest BCUT2D eigenvalue weighted by Crippen LogP contribution is 2.33. The number of nitrogens with zero attached hydrogens (tertiary/aromatic N) is 4. The molecule has 0 bridgehead atoms. The van der Waals surface area contributed by atoms with Crippen molar-refractivity contribution in [2.75, 3.05) is 20.0 Å². The van der Waals surface area contributed by atoms with Gasteiger partial charge in [-0.1, -0.05) is 0 Å². The molecule has 0 aliphatic heterocycles. The van der Waals surface area contributed by atoms with Gasteiger partial charge in [-0.25, -0.2) is 15.0 Å². The smallest absolute Gasteiger partial charge is 0.451 e.